The van der Waals surface area contributed by atoms with Gasteiger partial charge in [0.25, 0.3) is 0 Å². The lowest BCUT2D eigenvalue weighted by Gasteiger charge is -2.02. The zero-order chi connectivity index (χ0) is 16.8. The first-order valence-corrected chi connectivity index (χ1v) is 8.31. The van der Waals surface area contributed by atoms with Crippen LogP contribution in [0.3, 0.4) is 0 Å². The summed E-state index contributed by atoms with van der Waals surface area (Å²) in [6, 6.07) is 16.8. The lowest BCUT2D eigenvalue weighted by molar-refractivity contribution is 0.0697. The number of carbonyl (C=O) groups is 1. The second kappa shape index (κ2) is 7.45. The van der Waals surface area contributed by atoms with Crippen LogP contribution in [0.5, 0.6) is 0 Å². The first kappa shape index (κ1) is 15.8. The number of aromatic carboxylic acids is 1. The molecular formula is C21H14O2S. The molecule has 3 rings (SSSR count). The fraction of sp³-hybridized carbons (Fsp3) is 0. The highest BCUT2D eigenvalue weighted by atomic mass is 32.1. The van der Waals surface area contributed by atoms with Crippen molar-refractivity contribution in [2.45, 2.75) is 0 Å². The third kappa shape index (κ3) is 3.81. The summed E-state index contributed by atoms with van der Waals surface area (Å²) in [6.45, 7) is 0. The van der Waals surface area contributed by atoms with E-state index in [0.29, 0.717) is 0 Å². The molecule has 0 saturated heterocycles. The molecule has 0 bridgehead atoms. The van der Waals surface area contributed by atoms with Gasteiger partial charge in [-0.25, -0.2) is 4.79 Å². The van der Waals surface area contributed by atoms with Gasteiger partial charge in [0.1, 0.15) is 0 Å². The summed E-state index contributed by atoms with van der Waals surface area (Å²) >= 11 is 1.68. The van der Waals surface area contributed by atoms with Crippen LogP contribution in [0.2, 0.25) is 0 Å². The summed E-state index contributed by atoms with van der Waals surface area (Å²) in [5.74, 6) is 5.07. The molecule has 2 aromatic carbocycles. The van der Waals surface area contributed by atoms with E-state index in [-0.39, 0.29) is 5.56 Å². The Hall–Kier alpha value is -3.09. The highest BCUT2D eigenvalue weighted by Gasteiger charge is 2.02. The van der Waals surface area contributed by atoms with Gasteiger partial charge in [0.05, 0.1) is 5.56 Å². The molecule has 0 fully saturated rings. The normalized spacial score (nSPS) is 10.3. The van der Waals surface area contributed by atoms with Crippen LogP contribution in [0.1, 0.15) is 21.5 Å². The van der Waals surface area contributed by atoms with Crippen molar-refractivity contribution in [1.82, 2.24) is 0 Å². The number of rotatable bonds is 3. The number of hydrogen-bond donors (Lipinski definition) is 1. The van der Waals surface area contributed by atoms with Crippen molar-refractivity contribution >= 4 is 23.4 Å². The Kier molecular flexibility index (Phi) is 4.90. The highest BCUT2D eigenvalue weighted by molar-refractivity contribution is 7.08. The quantitative estimate of drug-likeness (QED) is 0.672. The highest BCUT2D eigenvalue weighted by Crippen LogP contribution is 2.26. The molecule has 0 aliphatic rings. The van der Waals surface area contributed by atoms with E-state index >= 15 is 0 Å². The van der Waals surface area contributed by atoms with Gasteiger partial charge < -0.3 is 5.11 Å². The summed E-state index contributed by atoms with van der Waals surface area (Å²) in [5.41, 5.74) is 4.56. The lowest BCUT2D eigenvalue weighted by Crippen LogP contribution is -1.94. The van der Waals surface area contributed by atoms with Gasteiger partial charge in [-0.1, -0.05) is 36.1 Å². The molecule has 0 radical (unpaired) electrons. The van der Waals surface area contributed by atoms with E-state index in [1.807, 2.05) is 24.3 Å². The number of benzene rings is 2. The van der Waals surface area contributed by atoms with Gasteiger partial charge in [-0.15, -0.1) is 0 Å². The Bertz CT molecular complexity index is 924. The maximum absolute atomic E-state index is 10.8. The monoisotopic (exact) mass is 330 g/mol. The van der Waals surface area contributed by atoms with Crippen LogP contribution in [0.25, 0.3) is 17.2 Å². The molecular weight excluding hydrogens is 316 g/mol. The maximum atomic E-state index is 10.8. The summed E-state index contributed by atoms with van der Waals surface area (Å²) in [5, 5.41) is 13.1. The molecule has 0 unspecified atom stereocenters. The Labute approximate surface area is 144 Å². The molecule has 0 saturated carbocycles. The molecule has 0 amide bonds. The second-order valence-corrected chi connectivity index (χ2v) is 5.86. The van der Waals surface area contributed by atoms with Crippen LogP contribution in [0.4, 0.5) is 0 Å². The van der Waals surface area contributed by atoms with Gasteiger partial charge >= 0.3 is 5.97 Å². The Morgan fingerprint density at radius 3 is 2.54 bits per heavy atom. The molecule has 116 valence electrons. The molecule has 3 aromatic rings. The predicted molar refractivity (Wildman–Crippen MR) is 99.1 cm³/mol. The van der Waals surface area contributed by atoms with Gasteiger partial charge in [-0.3, -0.25) is 0 Å². The van der Waals surface area contributed by atoms with E-state index < -0.39 is 5.97 Å². The third-order valence-electron chi connectivity index (χ3n) is 3.49. The second-order valence-electron chi connectivity index (χ2n) is 5.08. The topological polar surface area (TPSA) is 37.3 Å². The van der Waals surface area contributed by atoms with Crippen LogP contribution in [0.15, 0.2) is 71.4 Å². The molecule has 24 heavy (non-hydrogen) atoms. The zero-order valence-corrected chi connectivity index (χ0v) is 13.6. The summed E-state index contributed by atoms with van der Waals surface area (Å²) < 4.78 is 0. The molecule has 1 N–H and O–H groups in total. The van der Waals surface area contributed by atoms with Gasteiger partial charge in [0.2, 0.25) is 0 Å². The van der Waals surface area contributed by atoms with E-state index in [0.717, 1.165) is 11.1 Å². The molecule has 0 aliphatic carbocycles. The van der Waals surface area contributed by atoms with Crippen molar-refractivity contribution in [2.24, 2.45) is 0 Å². The van der Waals surface area contributed by atoms with E-state index in [4.69, 9.17) is 5.11 Å². The smallest absolute Gasteiger partial charge is 0.335 e. The van der Waals surface area contributed by atoms with Crippen LogP contribution < -0.4 is 0 Å². The molecule has 0 aliphatic heterocycles. The zero-order valence-electron chi connectivity index (χ0n) is 12.8. The van der Waals surface area contributed by atoms with Crippen LogP contribution in [-0.4, -0.2) is 11.1 Å². The minimum absolute atomic E-state index is 0.265. The van der Waals surface area contributed by atoms with Crippen LogP contribution in [0, 0.1) is 11.8 Å². The van der Waals surface area contributed by atoms with E-state index in [2.05, 4.69) is 40.8 Å². The fourth-order valence-electron chi connectivity index (χ4n) is 2.28. The maximum Gasteiger partial charge on any atom is 0.335 e. The lowest BCUT2D eigenvalue weighted by atomic mass is 10.0. The molecule has 0 atom stereocenters. The number of carboxylic acid groups (broad SMARTS) is 1. The van der Waals surface area contributed by atoms with Gasteiger partial charge in [-0.05, 0) is 69.9 Å². The van der Waals surface area contributed by atoms with Gasteiger partial charge in [0.15, 0.2) is 0 Å². The van der Waals surface area contributed by atoms with Crippen molar-refractivity contribution in [3.8, 4) is 23.0 Å². The SMILES string of the molecule is O=C(O)c1ccc(C#CC=Cc2ccccc2-c2ccsc2)cc1. The third-order valence-corrected chi connectivity index (χ3v) is 4.17. The van der Waals surface area contributed by atoms with Crippen LogP contribution >= 0.6 is 11.3 Å². The average molecular weight is 330 g/mol. The predicted octanol–water partition coefficient (Wildman–Crippen LogP) is 5.18. The van der Waals surface area contributed by atoms with E-state index in [9.17, 15) is 4.79 Å². The number of hydrogen-bond acceptors (Lipinski definition) is 2. The number of allylic oxidation sites excluding steroid dienone is 1. The van der Waals surface area contributed by atoms with Gasteiger partial charge in [0, 0.05) is 5.56 Å². The number of carboxylic acids is 1. The average Bonchev–Trinajstić information content (AvgIpc) is 3.14. The summed E-state index contributed by atoms with van der Waals surface area (Å²) in [6.07, 6.45) is 3.81. The first-order valence-electron chi connectivity index (χ1n) is 7.37. The van der Waals surface area contributed by atoms with Crippen molar-refractivity contribution in [2.75, 3.05) is 0 Å². The fourth-order valence-corrected chi connectivity index (χ4v) is 2.93. The summed E-state index contributed by atoms with van der Waals surface area (Å²) in [4.78, 5) is 10.8. The van der Waals surface area contributed by atoms with Crippen molar-refractivity contribution in [1.29, 1.82) is 0 Å². The first-order chi connectivity index (χ1) is 11.7. The van der Waals surface area contributed by atoms with Crippen molar-refractivity contribution < 1.29 is 9.90 Å². The van der Waals surface area contributed by atoms with E-state index in [1.54, 1.807) is 35.6 Å². The Morgan fingerprint density at radius 2 is 1.83 bits per heavy atom. The number of thiophene rings is 1. The minimum atomic E-state index is -0.931. The summed E-state index contributed by atoms with van der Waals surface area (Å²) in [7, 11) is 0. The molecule has 1 heterocycles. The van der Waals surface area contributed by atoms with E-state index in [1.165, 1.54) is 11.1 Å². The van der Waals surface area contributed by atoms with Gasteiger partial charge in [-0.2, -0.15) is 11.3 Å². The molecule has 1 aromatic heterocycles. The molecule has 3 heteroatoms. The minimum Gasteiger partial charge on any atom is -0.478 e. The standard InChI is InChI=1S/C21H14O2S/c22-21(23)18-11-9-16(10-12-18)5-1-2-6-17-7-3-4-8-20(17)19-13-14-24-15-19/h2-4,6-15H,(H,22,23). The Morgan fingerprint density at radius 1 is 1.04 bits per heavy atom. The van der Waals surface area contributed by atoms with Crippen molar-refractivity contribution in [3.05, 3.63) is 88.1 Å². The van der Waals surface area contributed by atoms with Crippen LogP contribution in [-0.2, 0) is 0 Å². The molecule has 2 nitrogen and oxygen atoms in total. The Balaban J connectivity index is 1.77. The molecule has 0 spiro atoms. The largest absolute Gasteiger partial charge is 0.478 e. The van der Waals surface area contributed by atoms with Crippen molar-refractivity contribution in [3.63, 3.8) is 0 Å².